The molecule has 0 saturated carbocycles. The molecule has 2 aromatic heterocycles. The predicted octanol–water partition coefficient (Wildman–Crippen LogP) is 4.65. The van der Waals surface area contributed by atoms with Gasteiger partial charge in [0.2, 0.25) is 0 Å². The molecule has 0 aliphatic heterocycles. The highest BCUT2D eigenvalue weighted by Gasteiger charge is 2.19. The molecule has 1 amide bonds. The predicted molar refractivity (Wildman–Crippen MR) is 123 cm³/mol. The van der Waals surface area contributed by atoms with Crippen LogP contribution in [0.15, 0.2) is 57.7 Å². The van der Waals surface area contributed by atoms with Crippen molar-refractivity contribution in [2.45, 2.75) is 6.42 Å². The Labute approximate surface area is 191 Å². The van der Waals surface area contributed by atoms with Gasteiger partial charge in [0.05, 0.1) is 18.7 Å². The zero-order valence-electron chi connectivity index (χ0n) is 17.0. The third-order valence-electron chi connectivity index (χ3n) is 4.75. The average molecular weight is 472 g/mol. The number of amides is 1. The van der Waals surface area contributed by atoms with E-state index >= 15 is 0 Å². The molecule has 2 aromatic carbocycles. The second-order valence-corrected chi connectivity index (χ2v) is 8.27. The van der Waals surface area contributed by atoms with Crippen LogP contribution in [0.4, 0.5) is 0 Å². The fourth-order valence-corrected chi connectivity index (χ4v) is 4.50. The van der Waals surface area contributed by atoms with E-state index in [1.54, 1.807) is 43.5 Å². The van der Waals surface area contributed by atoms with Crippen LogP contribution >= 0.6 is 22.9 Å². The number of hydrogen-bond acceptors (Lipinski definition) is 7. The number of carbonyl (C=O) groups is 2. The van der Waals surface area contributed by atoms with E-state index in [0.29, 0.717) is 33.0 Å². The first-order valence-corrected chi connectivity index (χ1v) is 10.9. The zero-order valence-corrected chi connectivity index (χ0v) is 18.5. The third kappa shape index (κ3) is 4.46. The Bertz CT molecular complexity index is 1380. The molecule has 0 bridgehead atoms. The fraction of sp³-hybridized carbons (Fsp3) is 0.174. The minimum atomic E-state index is -0.705. The Kier molecular flexibility index (Phi) is 6.43. The SMILES string of the molecule is COc1ccc2sc(C(=O)OCCCNC(=O)c3cc4ccccc4oc3=O)c(Cl)c2c1. The summed E-state index contributed by atoms with van der Waals surface area (Å²) in [6.07, 6.45) is 0.368. The first-order chi connectivity index (χ1) is 15.5. The standard InChI is InChI=1S/C23H18ClNO6S/c1-29-14-7-8-18-15(12-14)19(24)20(32-18)23(28)30-10-4-9-25-21(26)16-11-13-5-2-3-6-17(13)31-22(16)27/h2-3,5-8,11-12H,4,9-10H2,1H3,(H,25,26). The second-order valence-electron chi connectivity index (χ2n) is 6.84. The Balaban J connectivity index is 1.31. The molecule has 7 nitrogen and oxygen atoms in total. The van der Waals surface area contributed by atoms with Crippen LogP contribution in [-0.4, -0.2) is 32.1 Å². The number of thiophene rings is 1. The quantitative estimate of drug-likeness (QED) is 0.239. The van der Waals surface area contributed by atoms with Gasteiger partial charge < -0.3 is 19.2 Å². The summed E-state index contributed by atoms with van der Waals surface area (Å²) in [5.41, 5.74) is -0.365. The number of benzene rings is 2. The first kappa shape index (κ1) is 21.9. The van der Waals surface area contributed by atoms with Crippen LogP contribution in [0.5, 0.6) is 5.75 Å². The molecule has 0 fully saturated rings. The normalized spacial score (nSPS) is 10.9. The summed E-state index contributed by atoms with van der Waals surface area (Å²) >= 11 is 7.59. The van der Waals surface area contributed by atoms with E-state index in [1.165, 1.54) is 17.4 Å². The van der Waals surface area contributed by atoms with Gasteiger partial charge in [0.1, 0.15) is 21.8 Å². The van der Waals surface area contributed by atoms with Crippen molar-refractivity contribution < 1.29 is 23.5 Å². The topological polar surface area (TPSA) is 94.8 Å². The maximum Gasteiger partial charge on any atom is 0.349 e. The highest BCUT2D eigenvalue weighted by molar-refractivity contribution is 7.21. The van der Waals surface area contributed by atoms with E-state index in [4.69, 9.17) is 25.5 Å². The van der Waals surface area contributed by atoms with E-state index in [9.17, 15) is 14.4 Å². The first-order valence-electron chi connectivity index (χ1n) is 9.72. The molecule has 0 aliphatic rings. The van der Waals surface area contributed by atoms with E-state index in [1.807, 2.05) is 6.07 Å². The molecule has 1 N–H and O–H groups in total. The molecular formula is C23H18ClNO6S. The fourth-order valence-electron chi connectivity index (χ4n) is 3.12. The van der Waals surface area contributed by atoms with Crippen molar-refractivity contribution in [2.24, 2.45) is 0 Å². The van der Waals surface area contributed by atoms with Crippen LogP contribution in [-0.2, 0) is 4.74 Å². The van der Waals surface area contributed by atoms with Gasteiger partial charge in [-0.15, -0.1) is 11.3 Å². The number of rotatable bonds is 7. The van der Waals surface area contributed by atoms with Gasteiger partial charge in [0.25, 0.3) is 5.91 Å². The lowest BCUT2D eigenvalue weighted by molar-refractivity contribution is 0.0507. The van der Waals surface area contributed by atoms with Gasteiger partial charge >= 0.3 is 11.6 Å². The minimum Gasteiger partial charge on any atom is -0.497 e. The summed E-state index contributed by atoms with van der Waals surface area (Å²) in [5, 5.41) is 4.34. The molecule has 9 heteroatoms. The summed E-state index contributed by atoms with van der Waals surface area (Å²) in [4.78, 5) is 37.1. The Morgan fingerprint density at radius 2 is 1.97 bits per heavy atom. The second kappa shape index (κ2) is 9.42. The monoisotopic (exact) mass is 471 g/mol. The van der Waals surface area contributed by atoms with Gasteiger partial charge in [-0.1, -0.05) is 29.8 Å². The molecule has 4 aromatic rings. The van der Waals surface area contributed by atoms with Crippen LogP contribution in [0.3, 0.4) is 0 Å². The van der Waals surface area contributed by atoms with E-state index in [0.717, 1.165) is 10.1 Å². The van der Waals surface area contributed by atoms with Crippen molar-refractivity contribution in [3.63, 3.8) is 0 Å². The largest absolute Gasteiger partial charge is 0.497 e. The smallest absolute Gasteiger partial charge is 0.349 e. The molecule has 0 unspecified atom stereocenters. The number of hydrogen-bond donors (Lipinski definition) is 1. The molecule has 32 heavy (non-hydrogen) atoms. The van der Waals surface area contributed by atoms with Gasteiger partial charge in [0.15, 0.2) is 0 Å². The molecule has 0 spiro atoms. The zero-order chi connectivity index (χ0) is 22.7. The number of halogens is 1. The number of nitrogens with one attached hydrogen (secondary N) is 1. The van der Waals surface area contributed by atoms with E-state index in [2.05, 4.69) is 5.32 Å². The molecule has 2 heterocycles. The van der Waals surface area contributed by atoms with Gasteiger partial charge in [0, 0.05) is 22.0 Å². The van der Waals surface area contributed by atoms with Gasteiger partial charge in [-0.25, -0.2) is 9.59 Å². The number of para-hydroxylation sites is 1. The lowest BCUT2D eigenvalue weighted by atomic mass is 10.2. The Hall–Kier alpha value is -3.36. The number of ether oxygens (including phenoxy) is 2. The van der Waals surface area contributed by atoms with Gasteiger partial charge in [-0.2, -0.15) is 0 Å². The highest BCUT2D eigenvalue weighted by atomic mass is 35.5. The third-order valence-corrected chi connectivity index (χ3v) is 6.40. The molecule has 0 atom stereocenters. The molecule has 164 valence electrons. The minimum absolute atomic E-state index is 0.0758. The molecule has 4 rings (SSSR count). The van der Waals surface area contributed by atoms with Crippen LogP contribution in [0.1, 0.15) is 26.5 Å². The van der Waals surface area contributed by atoms with Crippen molar-refractivity contribution in [1.29, 1.82) is 0 Å². The summed E-state index contributed by atoms with van der Waals surface area (Å²) in [6.45, 7) is 0.301. The number of fused-ring (bicyclic) bond motifs is 2. The Morgan fingerprint density at radius 1 is 1.16 bits per heavy atom. The van der Waals surface area contributed by atoms with Crippen molar-refractivity contribution >= 4 is 55.9 Å². The van der Waals surface area contributed by atoms with Gasteiger partial charge in [-0.3, -0.25) is 4.79 Å². The van der Waals surface area contributed by atoms with Crippen molar-refractivity contribution in [3.8, 4) is 5.75 Å². The maximum absolute atomic E-state index is 12.4. The lowest BCUT2D eigenvalue weighted by Crippen LogP contribution is -2.29. The molecule has 0 saturated heterocycles. The van der Waals surface area contributed by atoms with Crippen molar-refractivity contribution in [3.05, 3.63) is 74.4 Å². The number of carbonyl (C=O) groups excluding carboxylic acids is 2. The van der Waals surface area contributed by atoms with Crippen LogP contribution in [0.2, 0.25) is 5.02 Å². The van der Waals surface area contributed by atoms with E-state index in [-0.39, 0.29) is 18.7 Å². The van der Waals surface area contributed by atoms with E-state index < -0.39 is 17.5 Å². The summed E-state index contributed by atoms with van der Waals surface area (Å²) in [5.74, 6) is -0.428. The van der Waals surface area contributed by atoms with Crippen LogP contribution in [0.25, 0.3) is 21.1 Å². The molecule has 0 aliphatic carbocycles. The summed E-state index contributed by atoms with van der Waals surface area (Å²) in [7, 11) is 1.56. The van der Waals surface area contributed by atoms with Crippen molar-refractivity contribution in [2.75, 3.05) is 20.3 Å². The number of esters is 1. The number of methoxy groups -OCH3 is 1. The van der Waals surface area contributed by atoms with Gasteiger partial charge in [-0.05, 0) is 36.8 Å². The maximum atomic E-state index is 12.4. The summed E-state index contributed by atoms with van der Waals surface area (Å²) < 4.78 is 16.5. The van der Waals surface area contributed by atoms with Crippen molar-refractivity contribution in [1.82, 2.24) is 5.32 Å². The van der Waals surface area contributed by atoms with Crippen LogP contribution in [0, 0.1) is 0 Å². The Morgan fingerprint density at radius 3 is 2.78 bits per heavy atom. The highest BCUT2D eigenvalue weighted by Crippen LogP contribution is 2.37. The summed E-state index contributed by atoms with van der Waals surface area (Å²) in [6, 6.07) is 13.8. The molecular weight excluding hydrogens is 454 g/mol. The average Bonchev–Trinajstić information content (AvgIpc) is 3.13. The van der Waals surface area contributed by atoms with Crippen LogP contribution < -0.4 is 15.7 Å². The lowest BCUT2D eigenvalue weighted by Gasteiger charge is -2.06. The molecule has 0 radical (unpaired) electrons.